The lowest BCUT2D eigenvalue weighted by atomic mass is 10.6. The summed E-state index contributed by atoms with van der Waals surface area (Å²) < 4.78 is 24.8. The van der Waals surface area contributed by atoms with E-state index in [1.54, 1.807) is 11.4 Å². The Morgan fingerprint density at radius 1 is 1.31 bits per heavy atom. The van der Waals surface area contributed by atoms with Crippen LogP contribution in [-0.4, -0.2) is 46.5 Å². The van der Waals surface area contributed by atoms with Gasteiger partial charge in [-0.2, -0.15) is 0 Å². The monoisotopic (exact) mass is 213 g/mol. The Kier molecular flexibility index (Phi) is 10.6. The highest BCUT2D eigenvalue weighted by atomic mass is 32.3. The molecule has 2 N–H and O–H groups in total. The van der Waals surface area contributed by atoms with E-state index in [9.17, 15) is 9.11 Å². The van der Waals surface area contributed by atoms with Crippen molar-refractivity contribution >= 4 is 10.8 Å². The Hall–Kier alpha value is 0.190. The van der Waals surface area contributed by atoms with Gasteiger partial charge in [0.15, 0.2) is 0 Å². The van der Waals surface area contributed by atoms with Crippen molar-refractivity contribution in [2.45, 2.75) is 20.8 Å². The summed E-state index contributed by atoms with van der Waals surface area (Å²) in [5, 5.41) is 0. The van der Waals surface area contributed by atoms with Gasteiger partial charge in [-0.15, -0.1) is 10.8 Å². The average molecular weight is 213 g/mol. The molecule has 5 heteroatoms. The molecule has 0 aliphatic carbocycles. The molecular weight excluding hydrogens is 190 g/mol. The van der Waals surface area contributed by atoms with Crippen LogP contribution in [0.1, 0.15) is 20.8 Å². The van der Waals surface area contributed by atoms with Crippen LogP contribution >= 0.6 is 10.8 Å². The Morgan fingerprint density at radius 2 is 1.77 bits per heavy atom. The standard InChI is InChI=1S/C6H17NO3S.C2H6/c1-4-7(5-6-10-2)11(3,8)9;1-2/h8-9H,4-6H2,1-3H3;1-2H3. The van der Waals surface area contributed by atoms with Crippen LogP contribution < -0.4 is 0 Å². The van der Waals surface area contributed by atoms with Crippen LogP contribution in [0.15, 0.2) is 0 Å². The number of nitrogens with zero attached hydrogens (tertiary/aromatic N) is 1. The van der Waals surface area contributed by atoms with Crippen LogP contribution in [-0.2, 0) is 4.74 Å². The predicted octanol–water partition coefficient (Wildman–Crippen LogP) is 2.28. The third kappa shape index (κ3) is 8.52. The highest BCUT2D eigenvalue weighted by molar-refractivity contribution is 8.21. The average Bonchev–Trinajstić information content (AvgIpc) is 2.07. The molecule has 0 aliphatic heterocycles. The first kappa shape index (κ1) is 15.7. The van der Waals surface area contributed by atoms with E-state index < -0.39 is 10.8 Å². The third-order valence-electron chi connectivity index (χ3n) is 1.39. The van der Waals surface area contributed by atoms with Crippen molar-refractivity contribution in [2.24, 2.45) is 0 Å². The lowest BCUT2D eigenvalue weighted by molar-refractivity contribution is 0.176. The van der Waals surface area contributed by atoms with Crippen molar-refractivity contribution in [1.29, 1.82) is 0 Å². The van der Waals surface area contributed by atoms with Crippen LogP contribution in [0.2, 0.25) is 0 Å². The Balaban J connectivity index is 0. The molecule has 0 spiro atoms. The fourth-order valence-corrected chi connectivity index (χ4v) is 1.68. The van der Waals surface area contributed by atoms with Gasteiger partial charge in [-0.05, 0) is 0 Å². The number of hydrogen-bond acceptors (Lipinski definition) is 4. The summed E-state index contributed by atoms with van der Waals surface area (Å²) in [7, 11) is -0.941. The number of hydrogen-bond donors (Lipinski definition) is 2. The molecule has 0 atom stereocenters. The summed E-state index contributed by atoms with van der Waals surface area (Å²) in [5.41, 5.74) is 0. The molecule has 0 saturated carbocycles. The summed E-state index contributed by atoms with van der Waals surface area (Å²) in [6, 6.07) is 0. The zero-order valence-electron chi connectivity index (χ0n) is 9.28. The Bertz CT molecular complexity index is 106. The summed E-state index contributed by atoms with van der Waals surface area (Å²) in [5.74, 6) is 0. The minimum absolute atomic E-state index is 0.525. The first-order chi connectivity index (χ1) is 6.02. The minimum Gasteiger partial charge on any atom is -0.383 e. The van der Waals surface area contributed by atoms with Crippen LogP contribution in [0, 0.1) is 0 Å². The van der Waals surface area contributed by atoms with E-state index >= 15 is 0 Å². The maximum Gasteiger partial charge on any atom is 0.0606 e. The van der Waals surface area contributed by atoms with Crippen molar-refractivity contribution in [3.8, 4) is 0 Å². The van der Waals surface area contributed by atoms with Gasteiger partial charge in [-0.1, -0.05) is 20.8 Å². The van der Waals surface area contributed by atoms with Crippen LogP contribution in [0.5, 0.6) is 0 Å². The molecule has 0 fully saturated rings. The van der Waals surface area contributed by atoms with E-state index in [2.05, 4.69) is 0 Å². The topological polar surface area (TPSA) is 52.9 Å². The fourth-order valence-electron chi connectivity index (χ4n) is 0.769. The second-order valence-corrected chi connectivity index (χ2v) is 4.41. The van der Waals surface area contributed by atoms with Gasteiger partial charge in [0.1, 0.15) is 0 Å². The molecule has 0 bridgehead atoms. The van der Waals surface area contributed by atoms with Gasteiger partial charge < -0.3 is 4.74 Å². The molecule has 0 aromatic carbocycles. The Morgan fingerprint density at radius 3 is 2.00 bits per heavy atom. The summed E-state index contributed by atoms with van der Waals surface area (Å²) >= 11 is 0. The molecule has 13 heavy (non-hydrogen) atoms. The Labute approximate surface area is 83.4 Å². The van der Waals surface area contributed by atoms with Gasteiger partial charge in [0.25, 0.3) is 0 Å². The second kappa shape index (κ2) is 8.77. The largest absolute Gasteiger partial charge is 0.383 e. The first-order valence-electron chi connectivity index (χ1n) is 4.49. The number of methoxy groups -OCH3 is 1. The lowest BCUT2D eigenvalue weighted by Crippen LogP contribution is -2.29. The molecule has 84 valence electrons. The molecule has 4 nitrogen and oxygen atoms in total. The molecule has 0 aromatic heterocycles. The highest BCUT2D eigenvalue weighted by Gasteiger charge is 2.13. The number of likely N-dealkylation sites (N-methyl/N-ethyl adjacent to an activating group) is 1. The smallest absolute Gasteiger partial charge is 0.0606 e. The molecule has 0 heterocycles. The van der Waals surface area contributed by atoms with Gasteiger partial charge in [0.2, 0.25) is 0 Å². The zero-order chi connectivity index (χ0) is 10.9. The zero-order valence-corrected chi connectivity index (χ0v) is 10.1. The maximum absolute atomic E-state index is 9.21. The normalized spacial score (nSPS) is 12.3. The SMILES string of the molecule is CC.CCN(CCOC)S(C)(O)O. The quantitative estimate of drug-likeness (QED) is 0.735. The fraction of sp³-hybridized carbons (Fsp3) is 1.00. The molecule has 0 aromatic rings. The van der Waals surface area contributed by atoms with E-state index in [4.69, 9.17) is 4.74 Å². The van der Waals surface area contributed by atoms with Crippen molar-refractivity contribution in [2.75, 3.05) is 33.1 Å². The lowest BCUT2D eigenvalue weighted by Gasteiger charge is -2.38. The van der Waals surface area contributed by atoms with Gasteiger partial charge in [-0.25, -0.2) is 4.31 Å². The molecule has 0 rings (SSSR count). The molecule has 0 saturated heterocycles. The van der Waals surface area contributed by atoms with Gasteiger partial charge in [-0.3, -0.25) is 9.11 Å². The molecule has 0 unspecified atom stereocenters. The van der Waals surface area contributed by atoms with Crippen molar-refractivity contribution in [1.82, 2.24) is 4.31 Å². The van der Waals surface area contributed by atoms with Crippen molar-refractivity contribution in [3.05, 3.63) is 0 Å². The number of rotatable bonds is 5. The number of ether oxygens (including phenoxy) is 1. The van der Waals surface area contributed by atoms with E-state index in [-0.39, 0.29) is 0 Å². The van der Waals surface area contributed by atoms with E-state index in [0.29, 0.717) is 19.7 Å². The van der Waals surface area contributed by atoms with Crippen LogP contribution in [0.25, 0.3) is 0 Å². The summed E-state index contributed by atoms with van der Waals surface area (Å²) in [6.45, 7) is 7.60. The van der Waals surface area contributed by atoms with Crippen LogP contribution in [0.4, 0.5) is 0 Å². The molecule has 0 amide bonds. The van der Waals surface area contributed by atoms with E-state index in [0.717, 1.165) is 0 Å². The third-order valence-corrected chi connectivity index (χ3v) is 2.81. The summed E-state index contributed by atoms with van der Waals surface area (Å²) in [6.07, 6.45) is 1.42. The van der Waals surface area contributed by atoms with Crippen LogP contribution in [0.3, 0.4) is 0 Å². The van der Waals surface area contributed by atoms with Gasteiger partial charge in [0, 0.05) is 26.5 Å². The maximum atomic E-state index is 9.21. The first-order valence-corrected chi connectivity index (χ1v) is 6.40. The minimum atomic E-state index is -2.53. The van der Waals surface area contributed by atoms with Gasteiger partial charge in [0.05, 0.1) is 6.61 Å². The summed E-state index contributed by atoms with van der Waals surface area (Å²) in [4.78, 5) is 0. The van der Waals surface area contributed by atoms with E-state index in [1.165, 1.54) is 6.26 Å². The van der Waals surface area contributed by atoms with Crippen molar-refractivity contribution in [3.63, 3.8) is 0 Å². The second-order valence-electron chi connectivity index (χ2n) is 2.31. The molecular formula is C8H23NO3S. The molecule has 0 radical (unpaired) electrons. The van der Waals surface area contributed by atoms with E-state index in [1.807, 2.05) is 20.8 Å². The van der Waals surface area contributed by atoms with Gasteiger partial charge >= 0.3 is 0 Å². The van der Waals surface area contributed by atoms with Crippen molar-refractivity contribution < 1.29 is 13.8 Å². The predicted molar refractivity (Wildman–Crippen MR) is 59.2 cm³/mol. The molecule has 0 aliphatic rings. The highest BCUT2D eigenvalue weighted by Crippen LogP contribution is 2.37.